The number of fused-ring (bicyclic) bond motifs is 1. The van der Waals surface area contributed by atoms with Crippen molar-refractivity contribution < 1.29 is 9.53 Å². The van der Waals surface area contributed by atoms with Crippen LogP contribution in [-0.4, -0.2) is 19.1 Å². The minimum atomic E-state index is -0.406. The van der Waals surface area contributed by atoms with Crippen LogP contribution in [0.25, 0.3) is 0 Å². The molecule has 1 aliphatic rings. The second-order valence-electron chi connectivity index (χ2n) is 6.14. The first-order valence-corrected chi connectivity index (χ1v) is 9.19. The number of thiophene rings is 1. The fourth-order valence-electron chi connectivity index (χ4n) is 3.28. The zero-order valence-electron chi connectivity index (χ0n) is 14.5. The normalized spacial score (nSPS) is 13.2. The number of anilines is 2. The molecule has 0 unspecified atom stereocenters. The number of benzene rings is 1. The Morgan fingerprint density at radius 2 is 2.28 bits per heavy atom. The Hall–Kier alpha value is -2.52. The van der Waals surface area contributed by atoms with Gasteiger partial charge in [0.15, 0.2) is 0 Å². The van der Waals surface area contributed by atoms with E-state index < -0.39 is 5.97 Å². The summed E-state index contributed by atoms with van der Waals surface area (Å²) < 4.78 is 5.14. The highest BCUT2D eigenvalue weighted by molar-refractivity contribution is 7.18. The van der Waals surface area contributed by atoms with Crippen molar-refractivity contribution in [2.75, 3.05) is 23.8 Å². The molecule has 0 radical (unpaired) electrons. The summed E-state index contributed by atoms with van der Waals surface area (Å²) in [6.45, 7) is 5.53. The van der Waals surface area contributed by atoms with E-state index in [4.69, 9.17) is 10.5 Å². The molecule has 5 nitrogen and oxygen atoms in total. The zero-order valence-corrected chi connectivity index (χ0v) is 15.3. The molecule has 0 fully saturated rings. The lowest BCUT2D eigenvalue weighted by Crippen LogP contribution is -2.29. The van der Waals surface area contributed by atoms with E-state index in [0.717, 1.165) is 30.7 Å². The molecule has 1 aliphatic heterocycles. The molecule has 1 aromatic heterocycles. The van der Waals surface area contributed by atoms with Crippen LogP contribution in [-0.2, 0) is 17.7 Å². The summed E-state index contributed by atoms with van der Waals surface area (Å²) in [6.07, 6.45) is 2.10. The van der Waals surface area contributed by atoms with Gasteiger partial charge in [-0.25, -0.2) is 4.79 Å². The Balaban J connectivity index is 1.99. The van der Waals surface area contributed by atoms with E-state index in [-0.39, 0.29) is 0 Å². The summed E-state index contributed by atoms with van der Waals surface area (Å²) in [4.78, 5) is 14.9. The lowest BCUT2D eigenvalue weighted by Gasteiger charge is -2.31. The fourth-order valence-corrected chi connectivity index (χ4v) is 4.20. The van der Waals surface area contributed by atoms with Crippen LogP contribution in [0.4, 0.5) is 10.7 Å². The van der Waals surface area contributed by atoms with Gasteiger partial charge in [-0.3, -0.25) is 0 Å². The van der Waals surface area contributed by atoms with Gasteiger partial charge in [-0.15, -0.1) is 11.3 Å². The molecular formula is C19H21N3O2S. The van der Waals surface area contributed by atoms with Crippen molar-refractivity contribution >= 4 is 28.0 Å². The number of ether oxygens (including phenoxy) is 1. The molecular weight excluding hydrogens is 334 g/mol. The maximum atomic E-state index is 12.3. The van der Waals surface area contributed by atoms with Gasteiger partial charge >= 0.3 is 5.97 Å². The van der Waals surface area contributed by atoms with Crippen LogP contribution in [0.15, 0.2) is 18.2 Å². The van der Waals surface area contributed by atoms with E-state index in [9.17, 15) is 10.1 Å². The first-order valence-electron chi connectivity index (χ1n) is 8.38. The highest BCUT2D eigenvalue weighted by Gasteiger charge is 2.26. The molecule has 0 aliphatic carbocycles. The smallest absolute Gasteiger partial charge is 0.348 e. The lowest BCUT2D eigenvalue weighted by atomic mass is 9.98. The van der Waals surface area contributed by atoms with Crippen molar-refractivity contribution in [3.8, 4) is 6.07 Å². The molecule has 0 saturated carbocycles. The van der Waals surface area contributed by atoms with Crippen LogP contribution < -0.4 is 10.6 Å². The predicted octanol–water partition coefficient (Wildman–Crippen LogP) is 3.64. The van der Waals surface area contributed by atoms with E-state index in [1.807, 2.05) is 0 Å². The number of rotatable bonds is 4. The maximum absolute atomic E-state index is 12.3. The van der Waals surface area contributed by atoms with Gasteiger partial charge in [-0.1, -0.05) is 17.7 Å². The summed E-state index contributed by atoms with van der Waals surface area (Å²) in [5, 5.41) is 9.87. The highest BCUT2D eigenvalue weighted by Crippen LogP contribution is 2.35. The van der Waals surface area contributed by atoms with Gasteiger partial charge in [0.2, 0.25) is 0 Å². The Labute approximate surface area is 151 Å². The quantitative estimate of drug-likeness (QED) is 0.847. The number of nitrogens with two attached hydrogens (primary N) is 1. The Kier molecular flexibility index (Phi) is 4.95. The zero-order chi connectivity index (χ0) is 18.0. The number of hydrogen-bond donors (Lipinski definition) is 1. The van der Waals surface area contributed by atoms with Crippen LogP contribution in [0.2, 0.25) is 0 Å². The molecule has 0 bridgehead atoms. The van der Waals surface area contributed by atoms with Gasteiger partial charge in [0.25, 0.3) is 0 Å². The third-order valence-electron chi connectivity index (χ3n) is 4.41. The van der Waals surface area contributed by atoms with Crippen molar-refractivity contribution in [1.82, 2.24) is 0 Å². The van der Waals surface area contributed by atoms with Crippen molar-refractivity contribution in [3.05, 3.63) is 45.3 Å². The molecule has 25 heavy (non-hydrogen) atoms. The summed E-state index contributed by atoms with van der Waals surface area (Å²) in [7, 11) is 0. The monoisotopic (exact) mass is 355 g/mol. The van der Waals surface area contributed by atoms with Gasteiger partial charge in [-0.05, 0) is 38.3 Å². The number of aryl methyl sites for hydroxylation is 2. The maximum Gasteiger partial charge on any atom is 0.348 e. The number of esters is 1. The van der Waals surface area contributed by atoms with E-state index in [0.29, 0.717) is 34.2 Å². The summed E-state index contributed by atoms with van der Waals surface area (Å²) in [5.41, 5.74) is 10.8. The molecule has 0 spiro atoms. The van der Waals surface area contributed by atoms with Crippen molar-refractivity contribution in [2.24, 2.45) is 0 Å². The average Bonchev–Trinajstić information content (AvgIpc) is 2.90. The third kappa shape index (κ3) is 3.33. The van der Waals surface area contributed by atoms with E-state index in [1.165, 1.54) is 16.8 Å². The topological polar surface area (TPSA) is 79.3 Å². The minimum absolute atomic E-state index is 0.295. The lowest BCUT2D eigenvalue weighted by molar-refractivity contribution is 0.0531. The molecule has 6 heteroatoms. The van der Waals surface area contributed by atoms with E-state index in [1.54, 1.807) is 6.92 Å². The second-order valence-corrected chi connectivity index (χ2v) is 7.19. The van der Waals surface area contributed by atoms with Crippen molar-refractivity contribution in [1.29, 1.82) is 5.26 Å². The average molecular weight is 355 g/mol. The van der Waals surface area contributed by atoms with Gasteiger partial charge < -0.3 is 15.4 Å². The molecule has 3 rings (SSSR count). The van der Waals surface area contributed by atoms with Gasteiger partial charge in [0.1, 0.15) is 15.9 Å². The molecule has 0 atom stereocenters. The Bertz CT molecular complexity index is 851. The van der Waals surface area contributed by atoms with Crippen LogP contribution in [0.5, 0.6) is 0 Å². The first kappa shape index (κ1) is 17.3. The minimum Gasteiger partial charge on any atom is -0.462 e. The van der Waals surface area contributed by atoms with Crippen molar-refractivity contribution in [2.45, 2.75) is 33.2 Å². The summed E-state index contributed by atoms with van der Waals surface area (Å²) >= 11 is 1.14. The van der Waals surface area contributed by atoms with E-state index >= 15 is 0 Å². The number of nitrogens with zero attached hydrogens (tertiary/aromatic N) is 2. The van der Waals surface area contributed by atoms with Gasteiger partial charge in [0, 0.05) is 24.3 Å². The molecule has 1 aromatic carbocycles. The summed E-state index contributed by atoms with van der Waals surface area (Å²) in [5.74, 6) is -0.406. The van der Waals surface area contributed by atoms with Crippen LogP contribution in [0, 0.1) is 18.3 Å². The summed E-state index contributed by atoms with van der Waals surface area (Å²) in [6, 6.07) is 8.58. The molecule has 2 N–H and O–H groups in total. The highest BCUT2D eigenvalue weighted by atomic mass is 32.1. The molecule has 2 aromatic rings. The Morgan fingerprint density at radius 1 is 1.48 bits per heavy atom. The number of nitrogen functional groups attached to an aromatic ring is 1. The van der Waals surface area contributed by atoms with Gasteiger partial charge in [0.05, 0.1) is 12.2 Å². The predicted molar refractivity (Wildman–Crippen MR) is 100.0 cm³/mol. The Morgan fingerprint density at radius 3 is 3.00 bits per heavy atom. The largest absolute Gasteiger partial charge is 0.462 e. The van der Waals surface area contributed by atoms with Crippen molar-refractivity contribution in [3.63, 3.8) is 0 Å². The third-order valence-corrected chi connectivity index (χ3v) is 5.45. The second kappa shape index (κ2) is 7.16. The molecule has 130 valence electrons. The van der Waals surface area contributed by atoms with Crippen LogP contribution in [0.3, 0.4) is 0 Å². The number of hydrogen-bond acceptors (Lipinski definition) is 6. The molecule has 2 heterocycles. The van der Waals surface area contributed by atoms with E-state index in [2.05, 4.69) is 36.1 Å². The molecule has 0 saturated heterocycles. The van der Waals surface area contributed by atoms with Crippen LogP contribution in [0.1, 0.15) is 45.3 Å². The standard InChI is InChI=1S/C19H21N3O2S/c1-3-24-19(23)17-15(14(10-20)18(21)25-17)11-22-8-4-5-13-9-12(2)6-7-16(13)22/h6-7,9H,3-5,8,11,21H2,1-2H3. The number of carbonyl (C=O) groups excluding carboxylic acids is 1. The first-order chi connectivity index (χ1) is 12.0. The number of nitriles is 1. The molecule has 0 amide bonds. The van der Waals surface area contributed by atoms with Gasteiger partial charge in [-0.2, -0.15) is 5.26 Å². The SMILES string of the molecule is CCOC(=O)c1sc(N)c(C#N)c1CN1CCCc2cc(C)ccc21. The van der Waals surface area contributed by atoms with Crippen LogP contribution >= 0.6 is 11.3 Å². The fraction of sp³-hybridized carbons (Fsp3) is 0.368. The number of carbonyl (C=O) groups is 1.